The SMILES string of the molecule is CCCCN(C)CCN1C(=O)C2C(C(=O)Nc3ccc(OC)cc3)C3C=CC2(O3)C1C(=O)NC1CCCC(C)C1C. The molecular formula is C32H46N4O5. The Morgan fingerprint density at radius 1 is 1.15 bits per heavy atom. The summed E-state index contributed by atoms with van der Waals surface area (Å²) < 4.78 is 11.7. The van der Waals surface area contributed by atoms with Crippen LogP contribution in [0.5, 0.6) is 5.75 Å². The summed E-state index contributed by atoms with van der Waals surface area (Å²) in [5.74, 6) is -0.541. The first-order valence-electron chi connectivity index (χ1n) is 15.3. The number of nitrogens with zero attached hydrogens (tertiary/aromatic N) is 2. The highest BCUT2D eigenvalue weighted by atomic mass is 16.5. The van der Waals surface area contributed by atoms with Crippen LogP contribution in [0.25, 0.3) is 0 Å². The van der Waals surface area contributed by atoms with Crippen LogP contribution < -0.4 is 15.4 Å². The Bertz CT molecular complexity index is 1160. The van der Waals surface area contributed by atoms with Gasteiger partial charge in [-0.15, -0.1) is 0 Å². The van der Waals surface area contributed by atoms with E-state index in [2.05, 4.69) is 36.3 Å². The zero-order valence-electron chi connectivity index (χ0n) is 25.1. The van der Waals surface area contributed by atoms with Crippen LogP contribution in [0.2, 0.25) is 0 Å². The van der Waals surface area contributed by atoms with Crippen molar-refractivity contribution in [3.63, 3.8) is 0 Å². The Morgan fingerprint density at radius 3 is 2.61 bits per heavy atom. The first-order valence-corrected chi connectivity index (χ1v) is 15.3. The number of likely N-dealkylation sites (N-methyl/N-ethyl adjacent to an activating group) is 1. The van der Waals surface area contributed by atoms with Crippen molar-refractivity contribution in [2.24, 2.45) is 23.7 Å². The third-order valence-electron chi connectivity index (χ3n) is 9.93. The van der Waals surface area contributed by atoms with Gasteiger partial charge in [0.15, 0.2) is 0 Å². The number of carbonyl (C=O) groups excluding carboxylic acids is 3. The van der Waals surface area contributed by atoms with E-state index in [1.165, 1.54) is 0 Å². The molecule has 4 aliphatic rings. The maximum absolute atomic E-state index is 14.2. The number of amides is 3. The minimum Gasteiger partial charge on any atom is -0.497 e. The van der Waals surface area contributed by atoms with Crippen LogP contribution in [-0.2, 0) is 19.1 Å². The Kier molecular flexibility index (Phi) is 8.76. The lowest BCUT2D eigenvalue weighted by Crippen LogP contribution is -2.58. The molecule has 41 heavy (non-hydrogen) atoms. The van der Waals surface area contributed by atoms with Gasteiger partial charge in [-0.05, 0) is 62.5 Å². The molecule has 3 aliphatic heterocycles. The Labute approximate surface area is 244 Å². The molecule has 1 saturated carbocycles. The molecule has 0 aromatic heterocycles. The van der Waals surface area contributed by atoms with E-state index < -0.39 is 29.6 Å². The van der Waals surface area contributed by atoms with Gasteiger partial charge in [0.2, 0.25) is 17.7 Å². The van der Waals surface area contributed by atoms with E-state index in [0.29, 0.717) is 36.4 Å². The van der Waals surface area contributed by atoms with E-state index in [9.17, 15) is 14.4 Å². The van der Waals surface area contributed by atoms with Gasteiger partial charge in [0.05, 0.1) is 25.0 Å². The molecule has 2 saturated heterocycles. The summed E-state index contributed by atoms with van der Waals surface area (Å²) in [4.78, 5) is 45.9. The fourth-order valence-corrected chi connectivity index (χ4v) is 7.27. The van der Waals surface area contributed by atoms with E-state index in [4.69, 9.17) is 9.47 Å². The summed E-state index contributed by atoms with van der Waals surface area (Å²) in [6.07, 6.45) is 8.52. The molecule has 3 amide bonds. The molecule has 3 fully saturated rings. The first kappa shape index (κ1) is 29.6. The second-order valence-electron chi connectivity index (χ2n) is 12.5. The third kappa shape index (κ3) is 5.50. The molecule has 1 spiro atoms. The monoisotopic (exact) mass is 566 g/mol. The number of carbonyl (C=O) groups is 3. The molecule has 1 aromatic rings. The van der Waals surface area contributed by atoms with E-state index in [0.717, 1.165) is 38.6 Å². The van der Waals surface area contributed by atoms with Crippen LogP contribution >= 0.6 is 0 Å². The van der Waals surface area contributed by atoms with Crippen LogP contribution in [0.1, 0.15) is 52.9 Å². The summed E-state index contributed by atoms with van der Waals surface area (Å²) in [6.45, 7) is 8.57. The quantitative estimate of drug-likeness (QED) is 0.398. The van der Waals surface area contributed by atoms with Crippen LogP contribution in [0.15, 0.2) is 36.4 Å². The highest BCUT2D eigenvalue weighted by molar-refractivity contribution is 6.02. The van der Waals surface area contributed by atoms with Gasteiger partial charge >= 0.3 is 0 Å². The number of nitrogens with one attached hydrogen (secondary N) is 2. The van der Waals surface area contributed by atoms with Crippen molar-refractivity contribution in [2.75, 3.05) is 39.1 Å². The fourth-order valence-electron chi connectivity index (χ4n) is 7.27. The number of fused-ring (bicyclic) bond motifs is 1. The Balaban J connectivity index is 1.40. The number of benzene rings is 1. The number of anilines is 1. The number of likely N-dealkylation sites (tertiary alicyclic amines) is 1. The van der Waals surface area contributed by atoms with Crippen molar-refractivity contribution in [3.05, 3.63) is 36.4 Å². The van der Waals surface area contributed by atoms with E-state index in [1.54, 1.807) is 36.3 Å². The summed E-state index contributed by atoms with van der Waals surface area (Å²) in [6, 6.07) is 6.34. The van der Waals surface area contributed by atoms with Gasteiger partial charge in [-0.25, -0.2) is 0 Å². The molecular weight excluding hydrogens is 520 g/mol. The van der Waals surface area contributed by atoms with Gasteiger partial charge in [0, 0.05) is 24.8 Å². The van der Waals surface area contributed by atoms with Gasteiger partial charge in [-0.3, -0.25) is 14.4 Å². The van der Waals surface area contributed by atoms with Gasteiger partial charge in [-0.2, -0.15) is 0 Å². The zero-order chi connectivity index (χ0) is 29.3. The molecule has 224 valence electrons. The van der Waals surface area contributed by atoms with Crippen LogP contribution in [0, 0.1) is 23.7 Å². The summed E-state index contributed by atoms with van der Waals surface area (Å²) in [5, 5.41) is 6.30. The molecule has 1 aromatic carbocycles. The first-order chi connectivity index (χ1) is 19.7. The fraction of sp³-hybridized carbons (Fsp3) is 0.656. The Hall–Kier alpha value is -2.91. The van der Waals surface area contributed by atoms with Gasteiger partial charge in [0.1, 0.15) is 17.4 Å². The zero-order valence-corrected chi connectivity index (χ0v) is 25.1. The van der Waals surface area contributed by atoms with Gasteiger partial charge in [0.25, 0.3) is 0 Å². The lowest BCUT2D eigenvalue weighted by atomic mass is 9.73. The highest BCUT2D eigenvalue weighted by Crippen LogP contribution is 2.55. The minimum absolute atomic E-state index is 0.0580. The van der Waals surface area contributed by atoms with Crippen LogP contribution in [0.3, 0.4) is 0 Å². The average Bonchev–Trinajstić information content (AvgIpc) is 3.60. The molecule has 9 heteroatoms. The van der Waals surface area contributed by atoms with E-state index in [1.807, 2.05) is 19.2 Å². The molecule has 9 nitrogen and oxygen atoms in total. The molecule has 8 unspecified atom stereocenters. The molecule has 0 radical (unpaired) electrons. The number of methoxy groups -OCH3 is 1. The number of rotatable bonds is 11. The standard InChI is InChI=1S/C32H46N4O5/c1-6-7-17-35(4)18-19-36-28(30(38)34-24-10-8-9-20(2)21(24)3)32-16-15-25(41-32)26(27(32)31(36)39)29(37)33-22-11-13-23(40-5)14-12-22/h11-16,20-21,24-28H,6-10,17-19H2,1-5H3,(H,33,37)(H,34,38). The predicted molar refractivity (Wildman–Crippen MR) is 157 cm³/mol. The van der Waals surface area contributed by atoms with Crippen molar-refractivity contribution in [2.45, 2.75) is 76.7 Å². The summed E-state index contributed by atoms with van der Waals surface area (Å²) in [7, 11) is 3.63. The number of hydrogen-bond acceptors (Lipinski definition) is 6. The van der Waals surface area contributed by atoms with E-state index >= 15 is 0 Å². The van der Waals surface area contributed by atoms with Crippen molar-refractivity contribution < 1.29 is 23.9 Å². The summed E-state index contributed by atoms with van der Waals surface area (Å²) in [5.41, 5.74) is -0.537. The minimum atomic E-state index is -1.15. The largest absolute Gasteiger partial charge is 0.497 e. The van der Waals surface area contributed by atoms with Crippen molar-refractivity contribution in [3.8, 4) is 5.75 Å². The Morgan fingerprint density at radius 2 is 1.90 bits per heavy atom. The lowest BCUT2D eigenvalue weighted by Gasteiger charge is -2.38. The molecule has 1 aliphatic carbocycles. The second-order valence-corrected chi connectivity index (χ2v) is 12.5. The van der Waals surface area contributed by atoms with E-state index in [-0.39, 0.29) is 23.8 Å². The van der Waals surface area contributed by atoms with Crippen molar-refractivity contribution >= 4 is 23.4 Å². The predicted octanol–water partition coefficient (Wildman–Crippen LogP) is 3.46. The molecule has 8 atom stereocenters. The topological polar surface area (TPSA) is 100 Å². The number of ether oxygens (including phenoxy) is 2. The highest BCUT2D eigenvalue weighted by Gasteiger charge is 2.72. The average molecular weight is 567 g/mol. The lowest BCUT2D eigenvalue weighted by molar-refractivity contribution is -0.141. The normalized spacial score (nSPS) is 33.8. The smallest absolute Gasteiger partial charge is 0.246 e. The molecule has 2 N–H and O–H groups in total. The summed E-state index contributed by atoms with van der Waals surface area (Å²) >= 11 is 0. The van der Waals surface area contributed by atoms with Gasteiger partial charge < -0.3 is 29.9 Å². The second kappa shape index (κ2) is 12.1. The third-order valence-corrected chi connectivity index (χ3v) is 9.93. The number of hydrogen-bond donors (Lipinski definition) is 2. The van der Waals surface area contributed by atoms with Crippen LogP contribution in [-0.4, -0.2) is 85.1 Å². The molecule has 2 bridgehead atoms. The van der Waals surface area contributed by atoms with Crippen LogP contribution in [0.4, 0.5) is 5.69 Å². The van der Waals surface area contributed by atoms with Crippen molar-refractivity contribution in [1.29, 1.82) is 0 Å². The number of unbranched alkanes of at least 4 members (excludes halogenated alkanes) is 1. The maximum Gasteiger partial charge on any atom is 0.246 e. The van der Waals surface area contributed by atoms with Gasteiger partial charge in [-0.1, -0.05) is 52.2 Å². The maximum atomic E-state index is 14.2. The molecule has 5 rings (SSSR count). The van der Waals surface area contributed by atoms with Crippen molar-refractivity contribution in [1.82, 2.24) is 15.1 Å². The molecule has 3 heterocycles.